The third kappa shape index (κ3) is 2.77. The molecule has 1 aliphatic rings. The Bertz CT molecular complexity index is 632. The largest absolute Gasteiger partial charge is 0.488 e. The first-order valence-electron chi connectivity index (χ1n) is 7.28. The number of anilines is 2. The van der Waals surface area contributed by atoms with E-state index in [-0.39, 0.29) is 6.10 Å². The van der Waals surface area contributed by atoms with Crippen LogP contribution >= 0.6 is 0 Å². The van der Waals surface area contributed by atoms with E-state index in [4.69, 9.17) is 10.5 Å². The summed E-state index contributed by atoms with van der Waals surface area (Å²) in [5.74, 6) is 3.09. The number of nitrogen functional groups attached to an aromatic ring is 1. The van der Waals surface area contributed by atoms with E-state index in [0.717, 1.165) is 35.8 Å². The maximum atomic E-state index is 5.93. The lowest BCUT2D eigenvalue weighted by Crippen LogP contribution is -2.25. The Hall–Kier alpha value is -2.30. The van der Waals surface area contributed by atoms with Crippen molar-refractivity contribution < 1.29 is 4.74 Å². The summed E-state index contributed by atoms with van der Waals surface area (Å²) < 4.78 is 5.92. The number of aryl methyl sites for hydroxylation is 1. The van der Waals surface area contributed by atoms with E-state index in [0.29, 0.717) is 12.4 Å². The average Bonchev–Trinajstić information content (AvgIpc) is 2.91. The van der Waals surface area contributed by atoms with E-state index in [2.05, 4.69) is 21.4 Å². The molecule has 5 nitrogen and oxygen atoms in total. The number of rotatable bonds is 4. The molecule has 3 N–H and O–H groups in total. The van der Waals surface area contributed by atoms with Gasteiger partial charge < -0.3 is 15.8 Å². The Morgan fingerprint density at radius 2 is 2.14 bits per heavy atom. The Kier molecular flexibility index (Phi) is 3.64. The van der Waals surface area contributed by atoms with Gasteiger partial charge in [-0.1, -0.05) is 25.1 Å². The topological polar surface area (TPSA) is 73.1 Å². The van der Waals surface area contributed by atoms with Gasteiger partial charge in [-0.3, -0.25) is 0 Å². The molecule has 1 atom stereocenters. The van der Waals surface area contributed by atoms with Gasteiger partial charge in [-0.05, 0) is 18.6 Å². The first-order valence-corrected chi connectivity index (χ1v) is 7.28. The number of benzene rings is 1. The second-order valence-electron chi connectivity index (χ2n) is 5.28. The number of fused-ring (bicyclic) bond motifs is 1. The zero-order valence-corrected chi connectivity index (χ0v) is 12.4. The molecule has 0 amide bonds. The minimum Gasteiger partial charge on any atom is -0.488 e. The third-order valence-corrected chi connectivity index (χ3v) is 3.76. The zero-order chi connectivity index (χ0) is 14.8. The number of nitrogens with zero attached hydrogens (tertiary/aromatic N) is 2. The van der Waals surface area contributed by atoms with Gasteiger partial charge in [-0.2, -0.15) is 0 Å². The van der Waals surface area contributed by atoms with Gasteiger partial charge in [0.05, 0.1) is 6.54 Å². The molecule has 0 spiro atoms. The highest BCUT2D eigenvalue weighted by Crippen LogP contribution is 2.28. The van der Waals surface area contributed by atoms with Gasteiger partial charge in [-0.15, -0.1) is 0 Å². The van der Waals surface area contributed by atoms with Gasteiger partial charge in [0.15, 0.2) is 0 Å². The minimum atomic E-state index is 0.128. The normalized spacial score (nSPS) is 16.4. The van der Waals surface area contributed by atoms with Crippen LogP contribution in [0.1, 0.15) is 23.9 Å². The lowest BCUT2D eigenvalue weighted by Gasteiger charge is -2.15. The van der Waals surface area contributed by atoms with Crippen LogP contribution in [0.5, 0.6) is 5.75 Å². The summed E-state index contributed by atoms with van der Waals surface area (Å²) >= 11 is 0. The van der Waals surface area contributed by atoms with Crippen molar-refractivity contribution >= 4 is 11.6 Å². The number of aromatic nitrogens is 2. The van der Waals surface area contributed by atoms with Crippen LogP contribution in [-0.2, 0) is 12.8 Å². The average molecular weight is 284 g/mol. The van der Waals surface area contributed by atoms with Gasteiger partial charge in [0.25, 0.3) is 0 Å². The molecule has 110 valence electrons. The molecule has 5 heteroatoms. The van der Waals surface area contributed by atoms with Crippen molar-refractivity contribution in [3.63, 3.8) is 0 Å². The van der Waals surface area contributed by atoms with Crippen molar-refractivity contribution in [1.29, 1.82) is 0 Å². The van der Waals surface area contributed by atoms with E-state index in [1.54, 1.807) is 0 Å². The first kappa shape index (κ1) is 13.7. The molecule has 1 aromatic carbocycles. The second-order valence-corrected chi connectivity index (χ2v) is 5.28. The van der Waals surface area contributed by atoms with Crippen molar-refractivity contribution in [3.05, 3.63) is 41.2 Å². The molecule has 1 unspecified atom stereocenters. The molecule has 0 aliphatic carbocycles. The van der Waals surface area contributed by atoms with Gasteiger partial charge in [0, 0.05) is 18.4 Å². The van der Waals surface area contributed by atoms with E-state index < -0.39 is 0 Å². The van der Waals surface area contributed by atoms with Crippen molar-refractivity contribution in [2.75, 3.05) is 17.6 Å². The lowest BCUT2D eigenvalue weighted by molar-refractivity contribution is 0.246. The van der Waals surface area contributed by atoms with Crippen LogP contribution in [0.15, 0.2) is 24.3 Å². The minimum absolute atomic E-state index is 0.128. The van der Waals surface area contributed by atoms with Crippen molar-refractivity contribution in [3.8, 4) is 5.75 Å². The summed E-state index contributed by atoms with van der Waals surface area (Å²) in [5, 5.41) is 3.35. The van der Waals surface area contributed by atoms with Gasteiger partial charge in [0.1, 0.15) is 29.3 Å². The molecule has 2 heterocycles. The maximum absolute atomic E-state index is 5.93. The molecular weight excluding hydrogens is 264 g/mol. The molecular formula is C16H20N4O. The van der Waals surface area contributed by atoms with Crippen LogP contribution < -0.4 is 15.8 Å². The van der Waals surface area contributed by atoms with Gasteiger partial charge in [0.2, 0.25) is 0 Å². The summed E-state index contributed by atoms with van der Waals surface area (Å²) in [6.45, 7) is 4.65. The number of hydrogen-bond acceptors (Lipinski definition) is 5. The Balaban J connectivity index is 1.68. The summed E-state index contributed by atoms with van der Waals surface area (Å²) in [7, 11) is 0. The number of para-hydroxylation sites is 1. The SMILES string of the molecule is CCc1nc(N)c(C)c(NCC2Cc3ccccc3O2)n1. The monoisotopic (exact) mass is 284 g/mol. The van der Waals surface area contributed by atoms with E-state index >= 15 is 0 Å². The van der Waals surface area contributed by atoms with Crippen molar-refractivity contribution in [2.24, 2.45) is 0 Å². The van der Waals surface area contributed by atoms with Crippen LogP contribution in [0.3, 0.4) is 0 Å². The van der Waals surface area contributed by atoms with Crippen molar-refractivity contribution in [1.82, 2.24) is 9.97 Å². The fourth-order valence-corrected chi connectivity index (χ4v) is 2.49. The molecule has 1 aliphatic heterocycles. The Morgan fingerprint density at radius 3 is 2.90 bits per heavy atom. The molecule has 0 saturated carbocycles. The van der Waals surface area contributed by atoms with E-state index in [9.17, 15) is 0 Å². The highest BCUT2D eigenvalue weighted by molar-refractivity contribution is 5.55. The fourth-order valence-electron chi connectivity index (χ4n) is 2.49. The highest BCUT2D eigenvalue weighted by atomic mass is 16.5. The van der Waals surface area contributed by atoms with Crippen LogP contribution in [0.25, 0.3) is 0 Å². The lowest BCUT2D eigenvalue weighted by atomic mass is 10.1. The molecule has 3 rings (SSSR count). The standard InChI is InChI=1S/C16H20N4O/c1-3-14-19-15(17)10(2)16(20-14)18-9-12-8-11-6-4-5-7-13(11)21-12/h4-7,12H,3,8-9H2,1-2H3,(H3,17,18,19,20). The summed E-state index contributed by atoms with van der Waals surface area (Å²) in [6, 6.07) is 8.16. The molecule has 2 aromatic rings. The van der Waals surface area contributed by atoms with Crippen LogP contribution in [0, 0.1) is 6.92 Å². The first-order chi connectivity index (χ1) is 10.2. The van der Waals surface area contributed by atoms with Gasteiger partial charge in [-0.25, -0.2) is 9.97 Å². The quantitative estimate of drug-likeness (QED) is 0.901. The number of hydrogen-bond donors (Lipinski definition) is 2. The Labute approximate surface area is 124 Å². The van der Waals surface area contributed by atoms with Crippen LogP contribution in [0.4, 0.5) is 11.6 Å². The molecule has 0 saturated heterocycles. The molecule has 0 fully saturated rings. The smallest absolute Gasteiger partial charge is 0.134 e. The zero-order valence-electron chi connectivity index (χ0n) is 12.4. The predicted molar refractivity (Wildman–Crippen MR) is 83.6 cm³/mol. The molecule has 0 bridgehead atoms. The number of ether oxygens (including phenoxy) is 1. The number of nitrogens with two attached hydrogens (primary N) is 1. The summed E-state index contributed by atoms with van der Waals surface area (Å²) in [4.78, 5) is 8.76. The summed E-state index contributed by atoms with van der Waals surface area (Å²) in [5.41, 5.74) is 8.08. The van der Waals surface area contributed by atoms with E-state index in [1.165, 1.54) is 5.56 Å². The third-order valence-electron chi connectivity index (χ3n) is 3.76. The summed E-state index contributed by atoms with van der Waals surface area (Å²) in [6.07, 6.45) is 1.82. The Morgan fingerprint density at radius 1 is 1.33 bits per heavy atom. The highest BCUT2D eigenvalue weighted by Gasteiger charge is 2.22. The maximum Gasteiger partial charge on any atom is 0.134 e. The molecule has 1 aromatic heterocycles. The molecule has 21 heavy (non-hydrogen) atoms. The second kappa shape index (κ2) is 5.60. The van der Waals surface area contributed by atoms with Crippen molar-refractivity contribution in [2.45, 2.75) is 32.8 Å². The van der Waals surface area contributed by atoms with Gasteiger partial charge >= 0.3 is 0 Å². The van der Waals surface area contributed by atoms with E-state index in [1.807, 2.05) is 32.0 Å². The van der Waals surface area contributed by atoms with Crippen LogP contribution in [0.2, 0.25) is 0 Å². The fraction of sp³-hybridized carbons (Fsp3) is 0.375. The number of nitrogens with one attached hydrogen (secondary N) is 1. The van der Waals surface area contributed by atoms with Crippen LogP contribution in [-0.4, -0.2) is 22.6 Å². The molecule has 0 radical (unpaired) electrons. The predicted octanol–water partition coefficient (Wildman–Crippen LogP) is 2.35.